The van der Waals surface area contributed by atoms with E-state index in [-0.39, 0.29) is 23.0 Å². The number of nitrogens with one attached hydrogen (secondary N) is 1. The molecule has 0 unspecified atom stereocenters. The van der Waals surface area contributed by atoms with Crippen LogP contribution in [0.15, 0.2) is 24.3 Å². The molecule has 2 fully saturated rings. The summed E-state index contributed by atoms with van der Waals surface area (Å²) in [5.74, 6) is -0.804. The van der Waals surface area contributed by atoms with Crippen molar-refractivity contribution in [1.29, 1.82) is 0 Å². The van der Waals surface area contributed by atoms with Crippen molar-refractivity contribution in [3.8, 4) is 0 Å². The highest BCUT2D eigenvalue weighted by atomic mass is 16.5. The number of hydrogen-bond acceptors (Lipinski definition) is 3. The van der Waals surface area contributed by atoms with E-state index >= 15 is 0 Å². The molecule has 1 aliphatic carbocycles. The van der Waals surface area contributed by atoms with E-state index in [4.69, 9.17) is 9.84 Å². The average Bonchev–Trinajstić information content (AvgIpc) is 3.08. The van der Waals surface area contributed by atoms with Gasteiger partial charge in [0.1, 0.15) is 0 Å². The minimum Gasteiger partial charge on any atom is -0.478 e. The molecule has 2 atom stereocenters. The standard InChI is InChI=1S/C17H21NO4/c19-15(20)13-5-3-12(4-6-13)7-10-18-16(21)17-8-1-2-14(17)22-11-9-17/h3-6,14H,1-2,7-11H2,(H,18,21)(H,19,20)/t14-,17+/m1/s1. The van der Waals surface area contributed by atoms with E-state index in [0.717, 1.165) is 31.2 Å². The predicted octanol–water partition coefficient (Wildman–Crippen LogP) is 2.00. The van der Waals surface area contributed by atoms with Gasteiger partial charge in [0.25, 0.3) is 0 Å². The summed E-state index contributed by atoms with van der Waals surface area (Å²) < 4.78 is 5.69. The summed E-state index contributed by atoms with van der Waals surface area (Å²) in [5.41, 5.74) is 1.00. The van der Waals surface area contributed by atoms with Gasteiger partial charge in [0.2, 0.25) is 5.91 Å². The zero-order valence-corrected chi connectivity index (χ0v) is 12.5. The van der Waals surface area contributed by atoms with Crippen molar-refractivity contribution in [2.45, 2.75) is 38.2 Å². The molecular formula is C17H21NO4. The third-order valence-electron chi connectivity index (χ3n) is 4.93. The highest BCUT2D eigenvalue weighted by Gasteiger charge is 2.52. The molecule has 5 heteroatoms. The first-order valence-corrected chi connectivity index (χ1v) is 7.84. The summed E-state index contributed by atoms with van der Waals surface area (Å²) in [6.45, 7) is 1.26. The normalized spacial score (nSPS) is 26.6. The van der Waals surface area contributed by atoms with E-state index in [1.165, 1.54) is 0 Å². The van der Waals surface area contributed by atoms with Crippen LogP contribution in [0.4, 0.5) is 0 Å². The summed E-state index contributed by atoms with van der Waals surface area (Å²) in [4.78, 5) is 23.3. The first-order valence-electron chi connectivity index (χ1n) is 7.84. The van der Waals surface area contributed by atoms with Gasteiger partial charge in [0.05, 0.1) is 17.1 Å². The van der Waals surface area contributed by atoms with Gasteiger partial charge in [-0.1, -0.05) is 12.1 Å². The number of ether oxygens (including phenoxy) is 1. The van der Waals surface area contributed by atoms with Gasteiger partial charge in [0, 0.05) is 13.2 Å². The van der Waals surface area contributed by atoms with E-state index < -0.39 is 5.97 Å². The molecule has 5 nitrogen and oxygen atoms in total. The Morgan fingerprint density at radius 1 is 1.27 bits per heavy atom. The van der Waals surface area contributed by atoms with Crippen LogP contribution in [0.5, 0.6) is 0 Å². The summed E-state index contributed by atoms with van der Waals surface area (Å²) in [5, 5.41) is 11.9. The number of amides is 1. The van der Waals surface area contributed by atoms with Gasteiger partial charge in [-0.2, -0.15) is 0 Å². The van der Waals surface area contributed by atoms with Crippen molar-refractivity contribution in [3.05, 3.63) is 35.4 Å². The third kappa shape index (κ3) is 2.73. The number of hydrogen-bond donors (Lipinski definition) is 2. The fourth-order valence-corrected chi connectivity index (χ4v) is 3.64. The van der Waals surface area contributed by atoms with Crippen LogP contribution < -0.4 is 5.32 Å². The largest absolute Gasteiger partial charge is 0.478 e. The maximum Gasteiger partial charge on any atom is 0.335 e. The van der Waals surface area contributed by atoms with Gasteiger partial charge in [0.15, 0.2) is 0 Å². The Bertz CT molecular complexity index is 557. The molecule has 1 aromatic carbocycles. The molecule has 1 aliphatic heterocycles. The number of rotatable bonds is 5. The van der Waals surface area contributed by atoms with Crippen molar-refractivity contribution < 1.29 is 19.4 Å². The van der Waals surface area contributed by atoms with Crippen LogP contribution in [0.25, 0.3) is 0 Å². The van der Waals surface area contributed by atoms with Crippen LogP contribution in [0, 0.1) is 5.41 Å². The Kier molecular flexibility index (Phi) is 4.16. The number of carbonyl (C=O) groups is 2. The van der Waals surface area contributed by atoms with Crippen molar-refractivity contribution in [2.24, 2.45) is 5.41 Å². The highest BCUT2D eigenvalue weighted by molar-refractivity contribution is 5.87. The lowest BCUT2D eigenvalue weighted by Gasteiger charge is -2.26. The van der Waals surface area contributed by atoms with Gasteiger partial charge in [-0.05, 0) is 49.8 Å². The summed E-state index contributed by atoms with van der Waals surface area (Å²) in [6.07, 6.45) is 4.61. The van der Waals surface area contributed by atoms with E-state index in [1.807, 2.05) is 0 Å². The van der Waals surface area contributed by atoms with Crippen molar-refractivity contribution in [2.75, 3.05) is 13.2 Å². The Hall–Kier alpha value is -1.88. The molecule has 1 aromatic rings. The lowest BCUT2D eigenvalue weighted by Crippen LogP contribution is -2.44. The number of aromatic carboxylic acids is 1. The summed E-state index contributed by atoms with van der Waals surface area (Å²) >= 11 is 0. The monoisotopic (exact) mass is 303 g/mol. The Morgan fingerprint density at radius 3 is 2.77 bits per heavy atom. The van der Waals surface area contributed by atoms with E-state index in [2.05, 4.69) is 5.32 Å². The molecule has 0 aromatic heterocycles. The minimum atomic E-state index is -0.924. The first kappa shape index (κ1) is 15.0. The quantitative estimate of drug-likeness (QED) is 0.872. The lowest BCUT2D eigenvalue weighted by molar-refractivity contribution is -0.132. The van der Waals surface area contributed by atoms with E-state index in [1.54, 1.807) is 24.3 Å². The van der Waals surface area contributed by atoms with Crippen LogP contribution in [0.2, 0.25) is 0 Å². The number of carbonyl (C=O) groups excluding carboxylic acids is 1. The fraction of sp³-hybridized carbons (Fsp3) is 0.529. The number of benzene rings is 1. The molecule has 2 aliphatic rings. The molecule has 0 bridgehead atoms. The Balaban J connectivity index is 1.52. The average molecular weight is 303 g/mol. The molecule has 1 saturated carbocycles. The minimum absolute atomic E-state index is 0.0994. The number of fused-ring (bicyclic) bond motifs is 1. The SMILES string of the molecule is O=C(O)c1ccc(CCNC(=O)[C@]23CCC[C@H]2OCC3)cc1. The van der Waals surface area contributed by atoms with Crippen LogP contribution in [0.3, 0.4) is 0 Å². The second kappa shape index (κ2) is 6.08. The summed E-state index contributed by atoms with van der Waals surface area (Å²) in [6, 6.07) is 6.78. The van der Waals surface area contributed by atoms with Gasteiger partial charge < -0.3 is 15.2 Å². The first-order chi connectivity index (χ1) is 10.6. The van der Waals surface area contributed by atoms with Crippen molar-refractivity contribution >= 4 is 11.9 Å². The Morgan fingerprint density at radius 2 is 2.05 bits per heavy atom. The topological polar surface area (TPSA) is 75.6 Å². The zero-order valence-electron chi connectivity index (χ0n) is 12.5. The molecule has 22 heavy (non-hydrogen) atoms. The molecule has 3 rings (SSSR count). The second-order valence-corrected chi connectivity index (χ2v) is 6.17. The fourth-order valence-electron chi connectivity index (χ4n) is 3.64. The van der Waals surface area contributed by atoms with Gasteiger partial charge in [-0.3, -0.25) is 4.79 Å². The molecule has 1 saturated heterocycles. The van der Waals surface area contributed by atoms with Gasteiger partial charge >= 0.3 is 5.97 Å². The van der Waals surface area contributed by atoms with Crippen LogP contribution in [-0.4, -0.2) is 36.2 Å². The van der Waals surface area contributed by atoms with Gasteiger partial charge in [-0.15, -0.1) is 0 Å². The van der Waals surface area contributed by atoms with Crippen LogP contribution in [-0.2, 0) is 16.0 Å². The summed E-state index contributed by atoms with van der Waals surface area (Å²) in [7, 11) is 0. The molecule has 118 valence electrons. The third-order valence-corrected chi connectivity index (χ3v) is 4.93. The molecule has 0 radical (unpaired) electrons. The van der Waals surface area contributed by atoms with E-state index in [0.29, 0.717) is 19.6 Å². The zero-order chi connectivity index (χ0) is 15.6. The molecule has 1 amide bonds. The Labute approximate surface area is 129 Å². The predicted molar refractivity (Wildman–Crippen MR) is 80.8 cm³/mol. The molecular weight excluding hydrogens is 282 g/mol. The highest BCUT2D eigenvalue weighted by Crippen LogP contribution is 2.47. The maximum atomic E-state index is 12.5. The molecule has 1 heterocycles. The van der Waals surface area contributed by atoms with Gasteiger partial charge in [-0.25, -0.2) is 4.79 Å². The van der Waals surface area contributed by atoms with Crippen molar-refractivity contribution in [1.82, 2.24) is 5.32 Å². The molecule has 2 N–H and O–H groups in total. The number of carboxylic acids is 1. The van der Waals surface area contributed by atoms with E-state index in [9.17, 15) is 9.59 Å². The van der Waals surface area contributed by atoms with Crippen LogP contribution in [0.1, 0.15) is 41.6 Å². The number of carboxylic acid groups (broad SMARTS) is 1. The lowest BCUT2D eigenvalue weighted by atomic mass is 9.82. The van der Waals surface area contributed by atoms with Crippen molar-refractivity contribution in [3.63, 3.8) is 0 Å². The molecule has 0 spiro atoms. The van der Waals surface area contributed by atoms with Crippen LogP contribution >= 0.6 is 0 Å². The maximum absolute atomic E-state index is 12.5. The smallest absolute Gasteiger partial charge is 0.335 e. The second-order valence-electron chi connectivity index (χ2n) is 6.17.